The number of pyridine rings is 1. The molecule has 2 rings (SSSR count). The molecule has 1 aromatic heterocycles. The summed E-state index contributed by atoms with van der Waals surface area (Å²) in [7, 11) is 3.63. The van der Waals surface area contributed by atoms with Crippen LogP contribution in [0.5, 0.6) is 0 Å². The fraction of sp³-hybridized carbons (Fsp3) is 0.400. The summed E-state index contributed by atoms with van der Waals surface area (Å²) in [6.45, 7) is 0. The number of carbonyl (C=O) groups excluding carboxylic acids is 2. The van der Waals surface area contributed by atoms with Crippen LogP contribution >= 0.6 is 11.8 Å². The molecule has 4 nitrogen and oxygen atoms in total. The molecular weight excluding hydrogens is 272 g/mol. The highest BCUT2D eigenvalue weighted by Gasteiger charge is 2.35. The van der Waals surface area contributed by atoms with Crippen LogP contribution in [0.2, 0.25) is 0 Å². The van der Waals surface area contributed by atoms with E-state index in [4.69, 9.17) is 0 Å². The van der Waals surface area contributed by atoms with Gasteiger partial charge in [-0.1, -0.05) is 0 Å². The van der Waals surface area contributed by atoms with E-state index in [0.29, 0.717) is 5.56 Å². The third kappa shape index (κ3) is 3.28. The monoisotopic (exact) mass is 290 g/mol. The second-order valence-electron chi connectivity index (χ2n) is 5.05. The highest BCUT2D eigenvalue weighted by Crippen LogP contribution is 2.34. The number of ketones is 2. The van der Waals surface area contributed by atoms with Gasteiger partial charge in [0.05, 0.1) is 5.57 Å². The van der Waals surface area contributed by atoms with Crippen molar-refractivity contribution in [2.24, 2.45) is 5.92 Å². The highest BCUT2D eigenvalue weighted by atomic mass is 32.2. The second kappa shape index (κ2) is 6.22. The van der Waals surface area contributed by atoms with Crippen molar-refractivity contribution in [2.45, 2.75) is 17.7 Å². The lowest BCUT2D eigenvalue weighted by molar-refractivity contribution is -0.116. The smallest absolute Gasteiger partial charge is 0.199 e. The molecular formula is C15H18N2O2S. The molecule has 0 atom stereocenters. The number of rotatable bonds is 6. The van der Waals surface area contributed by atoms with E-state index in [1.54, 1.807) is 29.6 Å². The SMILES string of the molecule is CSc1cnccc1C(=O)C(=CN(C)C)C(=O)C1CC1. The van der Waals surface area contributed by atoms with Crippen molar-refractivity contribution in [3.05, 3.63) is 35.8 Å². The topological polar surface area (TPSA) is 50.3 Å². The molecule has 1 aliphatic rings. The molecule has 1 heterocycles. The molecule has 0 spiro atoms. The Balaban J connectivity index is 2.38. The van der Waals surface area contributed by atoms with Crippen LogP contribution in [0.4, 0.5) is 0 Å². The van der Waals surface area contributed by atoms with E-state index in [9.17, 15) is 9.59 Å². The molecule has 106 valence electrons. The Morgan fingerprint density at radius 1 is 1.40 bits per heavy atom. The molecule has 0 aromatic carbocycles. The summed E-state index contributed by atoms with van der Waals surface area (Å²) in [6.07, 6.45) is 8.55. The Morgan fingerprint density at radius 3 is 2.65 bits per heavy atom. The van der Waals surface area contributed by atoms with Crippen LogP contribution in [-0.4, -0.2) is 41.8 Å². The summed E-state index contributed by atoms with van der Waals surface area (Å²) >= 11 is 1.46. The van der Waals surface area contributed by atoms with Gasteiger partial charge in [0.1, 0.15) is 0 Å². The number of carbonyl (C=O) groups is 2. The normalized spacial score (nSPS) is 15.1. The van der Waals surface area contributed by atoms with Gasteiger partial charge in [-0.25, -0.2) is 0 Å². The zero-order valence-corrected chi connectivity index (χ0v) is 12.7. The Morgan fingerprint density at radius 2 is 2.10 bits per heavy atom. The number of nitrogens with zero attached hydrogens (tertiary/aromatic N) is 2. The molecule has 0 N–H and O–H groups in total. The summed E-state index contributed by atoms with van der Waals surface area (Å²) in [5.74, 6) is -0.209. The van der Waals surface area contributed by atoms with E-state index in [0.717, 1.165) is 17.7 Å². The lowest BCUT2D eigenvalue weighted by atomic mass is 9.99. The van der Waals surface area contributed by atoms with Crippen LogP contribution < -0.4 is 0 Å². The fourth-order valence-corrected chi connectivity index (χ4v) is 2.48. The number of thioether (sulfide) groups is 1. The van der Waals surface area contributed by atoms with Gasteiger partial charge in [-0.2, -0.15) is 0 Å². The number of Topliss-reactive ketones (excluding diaryl/α,β-unsaturated/α-hetero) is 2. The van der Waals surface area contributed by atoms with Gasteiger partial charge in [-0.3, -0.25) is 14.6 Å². The Hall–Kier alpha value is -1.62. The van der Waals surface area contributed by atoms with Gasteiger partial charge in [-0.05, 0) is 25.2 Å². The summed E-state index contributed by atoms with van der Waals surface area (Å²) in [5.41, 5.74) is 0.827. The molecule has 0 unspecified atom stereocenters. The molecule has 0 saturated heterocycles. The molecule has 1 aliphatic carbocycles. The zero-order valence-electron chi connectivity index (χ0n) is 11.9. The largest absolute Gasteiger partial charge is 0.383 e. The first kappa shape index (κ1) is 14.8. The summed E-state index contributed by atoms with van der Waals surface area (Å²) in [4.78, 5) is 31.6. The van der Waals surface area contributed by atoms with Gasteiger partial charge >= 0.3 is 0 Å². The van der Waals surface area contributed by atoms with Crippen molar-refractivity contribution in [3.63, 3.8) is 0 Å². The fourth-order valence-electron chi connectivity index (χ4n) is 1.93. The van der Waals surface area contributed by atoms with Crippen molar-refractivity contribution >= 4 is 23.3 Å². The molecule has 1 fully saturated rings. The van der Waals surface area contributed by atoms with Gasteiger partial charge in [-0.15, -0.1) is 11.8 Å². The second-order valence-corrected chi connectivity index (χ2v) is 5.90. The van der Waals surface area contributed by atoms with Crippen LogP contribution in [0, 0.1) is 5.92 Å². The maximum absolute atomic E-state index is 12.7. The quantitative estimate of drug-likeness (QED) is 0.265. The van der Waals surface area contributed by atoms with Gasteiger partial charge in [0.25, 0.3) is 0 Å². The maximum Gasteiger partial charge on any atom is 0.199 e. The van der Waals surface area contributed by atoms with Crippen LogP contribution in [0.15, 0.2) is 35.1 Å². The van der Waals surface area contributed by atoms with Crippen molar-refractivity contribution in [1.82, 2.24) is 9.88 Å². The highest BCUT2D eigenvalue weighted by molar-refractivity contribution is 7.98. The maximum atomic E-state index is 12.7. The van der Waals surface area contributed by atoms with Crippen molar-refractivity contribution < 1.29 is 9.59 Å². The third-order valence-corrected chi connectivity index (χ3v) is 3.86. The first-order valence-electron chi connectivity index (χ1n) is 6.49. The van der Waals surface area contributed by atoms with Crippen LogP contribution in [0.3, 0.4) is 0 Å². The van der Waals surface area contributed by atoms with Gasteiger partial charge in [0.15, 0.2) is 11.6 Å². The van der Waals surface area contributed by atoms with Gasteiger partial charge in [0, 0.05) is 49.1 Å². The zero-order chi connectivity index (χ0) is 14.7. The predicted octanol–water partition coefficient (Wildman–Crippen LogP) is 2.41. The number of hydrogen-bond acceptors (Lipinski definition) is 5. The summed E-state index contributed by atoms with van der Waals surface area (Å²) < 4.78 is 0. The summed E-state index contributed by atoms with van der Waals surface area (Å²) in [6, 6.07) is 1.68. The molecule has 0 amide bonds. The lowest BCUT2D eigenvalue weighted by Crippen LogP contribution is -2.19. The van der Waals surface area contributed by atoms with Gasteiger partial charge in [0.2, 0.25) is 0 Å². The van der Waals surface area contributed by atoms with Crippen LogP contribution in [0.1, 0.15) is 23.2 Å². The van der Waals surface area contributed by atoms with E-state index >= 15 is 0 Å². The van der Waals surface area contributed by atoms with Crippen LogP contribution in [-0.2, 0) is 4.79 Å². The van der Waals surface area contributed by atoms with E-state index in [-0.39, 0.29) is 23.1 Å². The molecule has 1 saturated carbocycles. The molecule has 5 heteroatoms. The summed E-state index contributed by atoms with van der Waals surface area (Å²) in [5, 5.41) is 0. The third-order valence-electron chi connectivity index (χ3n) is 3.09. The average molecular weight is 290 g/mol. The molecule has 0 aliphatic heterocycles. The van der Waals surface area contributed by atoms with Gasteiger partial charge < -0.3 is 4.90 Å². The number of hydrogen-bond donors (Lipinski definition) is 0. The number of aromatic nitrogens is 1. The van der Waals surface area contributed by atoms with Crippen LogP contribution in [0.25, 0.3) is 0 Å². The first-order valence-corrected chi connectivity index (χ1v) is 7.72. The lowest BCUT2D eigenvalue weighted by Gasteiger charge is -2.12. The minimum atomic E-state index is -0.206. The van der Waals surface area contributed by atoms with E-state index in [1.165, 1.54) is 11.8 Å². The van der Waals surface area contributed by atoms with E-state index in [2.05, 4.69) is 4.98 Å². The molecule has 0 bridgehead atoms. The van der Waals surface area contributed by atoms with Crippen molar-refractivity contribution in [1.29, 1.82) is 0 Å². The van der Waals surface area contributed by atoms with Crippen molar-refractivity contribution in [2.75, 3.05) is 20.4 Å². The Kier molecular flexibility index (Phi) is 4.60. The minimum Gasteiger partial charge on any atom is -0.383 e. The standard InChI is InChI=1S/C15H18N2O2S/c1-17(2)9-12(14(18)10-4-5-10)15(19)11-6-7-16-8-13(11)20-3/h6-10H,4-5H2,1-3H3. The molecule has 1 aromatic rings. The van der Waals surface area contributed by atoms with E-state index < -0.39 is 0 Å². The Labute approximate surface area is 123 Å². The molecule has 0 radical (unpaired) electrons. The Bertz CT molecular complexity index is 563. The minimum absolute atomic E-state index is 0.0321. The first-order chi connectivity index (χ1) is 9.54. The predicted molar refractivity (Wildman–Crippen MR) is 79.8 cm³/mol. The number of allylic oxidation sites excluding steroid dienone is 1. The van der Waals surface area contributed by atoms with E-state index in [1.807, 2.05) is 20.4 Å². The average Bonchev–Trinajstić information content (AvgIpc) is 3.27. The molecule has 20 heavy (non-hydrogen) atoms. The van der Waals surface area contributed by atoms with Crippen molar-refractivity contribution in [3.8, 4) is 0 Å².